The van der Waals surface area contributed by atoms with E-state index in [0.717, 1.165) is 29.7 Å². The lowest BCUT2D eigenvalue weighted by Crippen LogP contribution is -2.38. The second kappa shape index (κ2) is 4.97. The van der Waals surface area contributed by atoms with Crippen LogP contribution in [-0.4, -0.2) is 25.0 Å². The molecule has 0 spiro atoms. The van der Waals surface area contributed by atoms with E-state index in [-0.39, 0.29) is 11.9 Å². The molecule has 4 heteroatoms. The molecule has 3 nitrogen and oxygen atoms in total. The summed E-state index contributed by atoms with van der Waals surface area (Å²) in [4.78, 5) is 13.9. The molecule has 1 atom stereocenters. The molecular formula is C12H15BrN2O. The molecule has 0 bridgehead atoms. The fourth-order valence-electron chi connectivity index (χ4n) is 2.03. The summed E-state index contributed by atoms with van der Waals surface area (Å²) in [5.41, 5.74) is 0.966. The molecule has 0 radical (unpaired) electrons. The van der Waals surface area contributed by atoms with E-state index in [1.807, 2.05) is 36.1 Å². The number of hydrogen-bond donors (Lipinski definition) is 1. The summed E-state index contributed by atoms with van der Waals surface area (Å²) in [7, 11) is 0. The molecule has 1 aliphatic rings. The van der Waals surface area contributed by atoms with E-state index < -0.39 is 0 Å². The molecule has 16 heavy (non-hydrogen) atoms. The summed E-state index contributed by atoms with van der Waals surface area (Å²) >= 11 is 3.48. The third-order valence-corrected chi connectivity index (χ3v) is 3.47. The Morgan fingerprint density at radius 1 is 1.50 bits per heavy atom. The Labute approximate surface area is 104 Å². The molecule has 0 aromatic heterocycles. The molecule has 1 aromatic rings. The first-order valence-corrected chi connectivity index (χ1v) is 6.32. The third-order valence-electron chi connectivity index (χ3n) is 2.80. The highest BCUT2D eigenvalue weighted by Crippen LogP contribution is 2.29. The number of halogens is 1. The van der Waals surface area contributed by atoms with Gasteiger partial charge in [-0.1, -0.05) is 19.1 Å². The van der Waals surface area contributed by atoms with Gasteiger partial charge in [0.25, 0.3) is 0 Å². The first kappa shape index (κ1) is 11.6. The Kier molecular flexibility index (Phi) is 3.61. The van der Waals surface area contributed by atoms with Gasteiger partial charge in [0.1, 0.15) is 0 Å². The normalized spacial score (nSPS) is 20.5. The molecule has 86 valence electrons. The summed E-state index contributed by atoms with van der Waals surface area (Å²) in [6.07, 6.45) is 0.883. The number of likely N-dealkylation sites (N-methyl/N-ethyl adjacent to an activating group) is 1. The number of amides is 1. The van der Waals surface area contributed by atoms with Gasteiger partial charge in [-0.15, -0.1) is 0 Å². The van der Waals surface area contributed by atoms with E-state index >= 15 is 0 Å². The minimum Gasteiger partial charge on any atom is -0.310 e. The zero-order chi connectivity index (χ0) is 11.5. The number of anilines is 1. The smallest absolute Gasteiger partial charge is 0.244 e. The van der Waals surface area contributed by atoms with Crippen LogP contribution >= 0.6 is 15.9 Å². The van der Waals surface area contributed by atoms with Gasteiger partial charge in [-0.3, -0.25) is 4.79 Å². The van der Waals surface area contributed by atoms with E-state index in [9.17, 15) is 4.79 Å². The molecule has 1 heterocycles. The number of hydrogen-bond acceptors (Lipinski definition) is 2. The summed E-state index contributed by atoms with van der Waals surface area (Å²) in [6.45, 7) is 3.65. The van der Waals surface area contributed by atoms with Gasteiger partial charge in [-0.25, -0.2) is 0 Å². The van der Waals surface area contributed by atoms with Crippen LogP contribution in [0.15, 0.2) is 28.7 Å². The SMILES string of the molecule is CCNC1CCN(c2ccccc2Br)C1=O. The van der Waals surface area contributed by atoms with Crippen molar-refractivity contribution >= 4 is 27.5 Å². The zero-order valence-electron chi connectivity index (χ0n) is 9.24. The van der Waals surface area contributed by atoms with Crippen molar-refractivity contribution in [2.75, 3.05) is 18.0 Å². The van der Waals surface area contributed by atoms with Crippen LogP contribution in [-0.2, 0) is 4.79 Å². The van der Waals surface area contributed by atoms with Crippen LogP contribution in [0.1, 0.15) is 13.3 Å². The predicted octanol–water partition coefficient (Wildman–Crippen LogP) is 2.16. The molecule has 1 aliphatic heterocycles. The van der Waals surface area contributed by atoms with Gasteiger partial charge in [0.05, 0.1) is 11.7 Å². The van der Waals surface area contributed by atoms with Crippen molar-refractivity contribution < 1.29 is 4.79 Å². The maximum Gasteiger partial charge on any atom is 0.244 e. The molecule has 0 aliphatic carbocycles. The van der Waals surface area contributed by atoms with E-state index in [1.165, 1.54) is 0 Å². The van der Waals surface area contributed by atoms with Gasteiger partial charge in [0.15, 0.2) is 0 Å². The fraction of sp³-hybridized carbons (Fsp3) is 0.417. The average molecular weight is 283 g/mol. The molecule has 1 N–H and O–H groups in total. The fourth-order valence-corrected chi connectivity index (χ4v) is 2.52. The second-order valence-electron chi connectivity index (χ2n) is 3.84. The molecule has 1 aromatic carbocycles. The van der Waals surface area contributed by atoms with Gasteiger partial charge >= 0.3 is 0 Å². The first-order chi connectivity index (χ1) is 7.74. The van der Waals surface area contributed by atoms with Crippen molar-refractivity contribution in [3.63, 3.8) is 0 Å². The van der Waals surface area contributed by atoms with Crippen molar-refractivity contribution in [1.29, 1.82) is 0 Å². The number of nitrogens with one attached hydrogen (secondary N) is 1. The maximum atomic E-state index is 12.1. The summed E-state index contributed by atoms with van der Waals surface area (Å²) in [5, 5.41) is 3.21. The number of carbonyl (C=O) groups is 1. The van der Waals surface area contributed by atoms with Crippen LogP contribution in [0.4, 0.5) is 5.69 Å². The van der Waals surface area contributed by atoms with Gasteiger partial charge in [-0.2, -0.15) is 0 Å². The van der Waals surface area contributed by atoms with Crippen molar-refractivity contribution in [1.82, 2.24) is 5.32 Å². The standard InChI is InChI=1S/C12H15BrN2O/c1-2-14-10-7-8-15(12(10)16)11-6-4-3-5-9(11)13/h3-6,10,14H,2,7-8H2,1H3. The minimum absolute atomic E-state index is 0.0166. The van der Waals surface area contributed by atoms with Crippen molar-refractivity contribution in [3.05, 3.63) is 28.7 Å². The van der Waals surface area contributed by atoms with Crippen LogP contribution < -0.4 is 10.2 Å². The lowest BCUT2D eigenvalue weighted by atomic mass is 10.2. The topological polar surface area (TPSA) is 32.3 Å². The van der Waals surface area contributed by atoms with Gasteiger partial charge in [0.2, 0.25) is 5.91 Å². The van der Waals surface area contributed by atoms with Crippen LogP contribution in [0.3, 0.4) is 0 Å². The van der Waals surface area contributed by atoms with Gasteiger partial charge in [0, 0.05) is 11.0 Å². The van der Waals surface area contributed by atoms with Crippen LogP contribution in [0.2, 0.25) is 0 Å². The second-order valence-corrected chi connectivity index (χ2v) is 4.69. The third kappa shape index (κ3) is 2.13. The van der Waals surface area contributed by atoms with Crippen molar-refractivity contribution in [2.24, 2.45) is 0 Å². The Morgan fingerprint density at radius 3 is 2.94 bits per heavy atom. The molecule has 0 saturated carbocycles. The molecule has 1 fully saturated rings. The number of nitrogens with zero attached hydrogens (tertiary/aromatic N) is 1. The predicted molar refractivity (Wildman–Crippen MR) is 68.6 cm³/mol. The molecule has 1 unspecified atom stereocenters. The lowest BCUT2D eigenvalue weighted by molar-refractivity contribution is -0.118. The summed E-state index contributed by atoms with van der Waals surface area (Å²) < 4.78 is 0.973. The number of carbonyl (C=O) groups excluding carboxylic acids is 1. The van der Waals surface area contributed by atoms with Crippen molar-refractivity contribution in [2.45, 2.75) is 19.4 Å². The van der Waals surface area contributed by atoms with Crippen LogP contribution in [0, 0.1) is 0 Å². The number of rotatable bonds is 3. The highest BCUT2D eigenvalue weighted by atomic mass is 79.9. The highest BCUT2D eigenvalue weighted by Gasteiger charge is 2.32. The number of benzene rings is 1. The Balaban J connectivity index is 2.19. The summed E-state index contributed by atoms with van der Waals surface area (Å²) in [6, 6.07) is 7.82. The van der Waals surface area contributed by atoms with Gasteiger partial charge < -0.3 is 10.2 Å². The van der Waals surface area contributed by atoms with Crippen LogP contribution in [0.5, 0.6) is 0 Å². The first-order valence-electron chi connectivity index (χ1n) is 5.53. The van der Waals surface area contributed by atoms with Crippen LogP contribution in [0.25, 0.3) is 0 Å². The molecular weight excluding hydrogens is 268 g/mol. The highest BCUT2D eigenvalue weighted by molar-refractivity contribution is 9.10. The Bertz CT molecular complexity index is 394. The largest absolute Gasteiger partial charge is 0.310 e. The monoisotopic (exact) mass is 282 g/mol. The zero-order valence-corrected chi connectivity index (χ0v) is 10.8. The molecule has 1 amide bonds. The van der Waals surface area contributed by atoms with E-state index in [4.69, 9.17) is 0 Å². The molecule has 2 rings (SSSR count). The maximum absolute atomic E-state index is 12.1. The van der Waals surface area contributed by atoms with E-state index in [1.54, 1.807) is 0 Å². The van der Waals surface area contributed by atoms with E-state index in [2.05, 4.69) is 21.2 Å². The number of para-hydroxylation sites is 1. The molecule has 1 saturated heterocycles. The van der Waals surface area contributed by atoms with Crippen molar-refractivity contribution in [3.8, 4) is 0 Å². The lowest BCUT2D eigenvalue weighted by Gasteiger charge is -2.18. The Hall–Kier alpha value is -0.870. The minimum atomic E-state index is -0.0166. The average Bonchev–Trinajstić information content (AvgIpc) is 2.62. The quantitative estimate of drug-likeness (QED) is 0.922. The van der Waals surface area contributed by atoms with Gasteiger partial charge in [-0.05, 0) is 41.0 Å². The Morgan fingerprint density at radius 2 is 2.25 bits per heavy atom. The van der Waals surface area contributed by atoms with E-state index in [0.29, 0.717) is 0 Å². The summed E-state index contributed by atoms with van der Waals surface area (Å²) in [5.74, 6) is 0.175.